The molecule has 5 nitrogen and oxygen atoms in total. The van der Waals surface area contributed by atoms with Gasteiger partial charge in [0.25, 0.3) is 0 Å². The Hall–Kier alpha value is -1.36. The average molecular weight is 236 g/mol. The highest BCUT2D eigenvalue weighted by atomic mass is 16.5. The zero-order valence-electron chi connectivity index (χ0n) is 10.3. The summed E-state index contributed by atoms with van der Waals surface area (Å²) in [7, 11) is 0. The van der Waals surface area contributed by atoms with Gasteiger partial charge < -0.3 is 15.4 Å². The molecule has 1 saturated heterocycles. The first kappa shape index (κ1) is 12.1. The third kappa shape index (κ3) is 3.85. The van der Waals surface area contributed by atoms with E-state index < -0.39 is 0 Å². The first-order chi connectivity index (χ1) is 8.38. The maximum atomic E-state index is 5.57. The van der Waals surface area contributed by atoms with Crippen molar-refractivity contribution < 1.29 is 4.74 Å². The van der Waals surface area contributed by atoms with Gasteiger partial charge in [-0.2, -0.15) is 4.98 Å². The van der Waals surface area contributed by atoms with Crippen LogP contribution in [0, 0.1) is 0 Å². The molecule has 0 saturated carbocycles. The van der Waals surface area contributed by atoms with E-state index in [1.807, 2.05) is 13.0 Å². The average Bonchev–Trinajstić information content (AvgIpc) is 2.83. The highest BCUT2D eigenvalue weighted by Gasteiger charge is 2.14. The minimum atomic E-state index is 0.428. The Morgan fingerprint density at radius 3 is 3.18 bits per heavy atom. The molecule has 1 unspecified atom stereocenters. The van der Waals surface area contributed by atoms with E-state index in [2.05, 4.69) is 20.6 Å². The highest BCUT2D eigenvalue weighted by molar-refractivity contribution is 5.39. The first-order valence-electron chi connectivity index (χ1n) is 6.31. The number of nitrogens with zero attached hydrogens (tertiary/aromatic N) is 2. The van der Waals surface area contributed by atoms with Gasteiger partial charge in [-0.1, -0.05) is 0 Å². The van der Waals surface area contributed by atoms with Crippen LogP contribution in [0.25, 0.3) is 0 Å². The van der Waals surface area contributed by atoms with Gasteiger partial charge >= 0.3 is 0 Å². The van der Waals surface area contributed by atoms with Gasteiger partial charge in [-0.25, -0.2) is 4.98 Å². The lowest BCUT2D eigenvalue weighted by Gasteiger charge is -2.10. The van der Waals surface area contributed by atoms with Crippen LogP contribution in [0.15, 0.2) is 12.3 Å². The zero-order valence-corrected chi connectivity index (χ0v) is 10.3. The van der Waals surface area contributed by atoms with E-state index >= 15 is 0 Å². The molecular weight excluding hydrogens is 216 g/mol. The van der Waals surface area contributed by atoms with Crippen molar-refractivity contribution in [2.75, 3.05) is 30.3 Å². The van der Waals surface area contributed by atoms with Crippen molar-refractivity contribution in [2.45, 2.75) is 32.3 Å². The molecule has 2 rings (SSSR count). The number of hydrogen-bond acceptors (Lipinski definition) is 5. The topological polar surface area (TPSA) is 59.1 Å². The molecule has 17 heavy (non-hydrogen) atoms. The lowest BCUT2D eigenvalue weighted by atomic mass is 10.2. The molecule has 1 aliphatic heterocycles. The molecule has 0 aromatic carbocycles. The number of nitrogens with one attached hydrogen (secondary N) is 2. The Bertz CT molecular complexity index is 339. The maximum absolute atomic E-state index is 5.57. The molecule has 0 radical (unpaired) electrons. The maximum Gasteiger partial charge on any atom is 0.224 e. The third-order valence-electron chi connectivity index (χ3n) is 2.79. The van der Waals surface area contributed by atoms with Gasteiger partial charge in [-0.15, -0.1) is 0 Å². The predicted molar refractivity (Wildman–Crippen MR) is 68.3 cm³/mol. The van der Waals surface area contributed by atoms with Gasteiger partial charge in [0, 0.05) is 25.9 Å². The smallest absolute Gasteiger partial charge is 0.224 e. The Kier molecular flexibility index (Phi) is 4.55. The summed E-state index contributed by atoms with van der Waals surface area (Å²) in [5, 5.41) is 6.39. The van der Waals surface area contributed by atoms with E-state index in [0.717, 1.165) is 31.9 Å². The Morgan fingerprint density at radius 1 is 1.47 bits per heavy atom. The van der Waals surface area contributed by atoms with Gasteiger partial charge in [0.2, 0.25) is 5.95 Å². The van der Waals surface area contributed by atoms with Crippen LogP contribution in [0.4, 0.5) is 11.8 Å². The molecule has 94 valence electrons. The second-order valence-corrected chi connectivity index (χ2v) is 4.15. The molecule has 1 fully saturated rings. The van der Waals surface area contributed by atoms with E-state index in [0.29, 0.717) is 12.1 Å². The number of hydrogen-bond donors (Lipinski definition) is 2. The molecule has 0 aliphatic carbocycles. The summed E-state index contributed by atoms with van der Waals surface area (Å²) >= 11 is 0. The van der Waals surface area contributed by atoms with E-state index in [4.69, 9.17) is 4.74 Å². The summed E-state index contributed by atoms with van der Waals surface area (Å²) in [6.45, 7) is 4.68. The molecule has 0 amide bonds. The van der Waals surface area contributed by atoms with Crippen molar-refractivity contribution in [3.8, 4) is 0 Å². The molecule has 0 spiro atoms. The lowest BCUT2D eigenvalue weighted by molar-refractivity contribution is 0.107. The number of ether oxygens (including phenoxy) is 1. The van der Waals surface area contributed by atoms with Gasteiger partial charge in [-0.05, 0) is 32.3 Å². The highest BCUT2D eigenvalue weighted by Crippen LogP contribution is 2.15. The largest absolute Gasteiger partial charge is 0.378 e. The van der Waals surface area contributed by atoms with Crippen molar-refractivity contribution in [1.82, 2.24) is 9.97 Å². The van der Waals surface area contributed by atoms with Gasteiger partial charge in [0.15, 0.2) is 0 Å². The van der Waals surface area contributed by atoms with Gasteiger partial charge in [-0.3, -0.25) is 0 Å². The number of rotatable bonds is 6. The van der Waals surface area contributed by atoms with E-state index in [1.165, 1.54) is 12.8 Å². The molecule has 1 atom stereocenters. The van der Waals surface area contributed by atoms with Crippen LogP contribution in [0.3, 0.4) is 0 Å². The summed E-state index contributed by atoms with van der Waals surface area (Å²) < 4.78 is 5.57. The predicted octanol–water partition coefficient (Wildman–Crippen LogP) is 1.89. The van der Waals surface area contributed by atoms with Crippen LogP contribution in [0.5, 0.6) is 0 Å². The fraction of sp³-hybridized carbons (Fsp3) is 0.667. The summed E-state index contributed by atoms with van der Waals surface area (Å²) in [5.41, 5.74) is 0. The summed E-state index contributed by atoms with van der Waals surface area (Å²) in [4.78, 5) is 8.48. The minimum Gasteiger partial charge on any atom is -0.378 e. The van der Waals surface area contributed by atoms with Gasteiger partial charge in [0.1, 0.15) is 5.82 Å². The molecule has 1 aliphatic rings. The van der Waals surface area contributed by atoms with Crippen LogP contribution < -0.4 is 10.6 Å². The fourth-order valence-corrected chi connectivity index (χ4v) is 1.93. The summed E-state index contributed by atoms with van der Waals surface area (Å²) in [6, 6.07) is 1.89. The quantitative estimate of drug-likeness (QED) is 0.790. The van der Waals surface area contributed by atoms with Crippen LogP contribution in [-0.4, -0.2) is 35.8 Å². The SMILES string of the molecule is CCNc1nccc(NCCC2CCCO2)n1. The third-order valence-corrected chi connectivity index (χ3v) is 2.79. The molecule has 1 aromatic heterocycles. The van der Waals surface area contributed by atoms with Crippen LogP contribution >= 0.6 is 0 Å². The molecular formula is C12H20N4O. The van der Waals surface area contributed by atoms with Crippen LogP contribution in [-0.2, 0) is 4.74 Å². The van der Waals surface area contributed by atoms with Gasteiger partial charge in [0.05, 0.1) is 6.10 Å². The molecule has 0 bridgehead atoms. The van der Waals surface area contributed by atoms with Crippen LogP contribution in [0.2, 0.25) is 0 Å². The standard InChI is InChI=1S/C12H20N4O/c1-2-13-12-15-8-6-11(16-12)14-7-5-10-4-3-9-17-10/h6,8,10H,2-5,7,9H2,1H3,(H2,13,14,15,16). The monoisotopic (exact) mass is 236 g/mol. The Balaban J connectivity index is 1.75. The summed E-state index contributed by atoms with van der Waals surface area (Å²) in [5.74, 6) is 1.54. The first-order valence-corrected chi connectivity index (χ1v) is 6.31. The number of aromatic nitrogens is 2. The van der Waals surface area contributed by atoms with Crippen molar-refractivity contribution in [3.63, 3.8) is 0 Å². The van der Waals surface area contributed by atoms with E-state index in [9.17, 15) is 0 Å². The second-order valence-electron chi connectivity index (χ2n) is 4.15. The van der Waals surface area contributed by atoms with Crippen molar-refractivity contribution in [2.24, 2.45) is 0 Å². The summed E-state index contributed by atoms with van der Waals surface area (Å²) in [6.07, 6.45) is 5.62. The van der Waals surface area contributed by atoms with Crippen molar-refractivity contribution >= 4 is 11.8 Å². The lowest BCUT2D eigenvalue weighted by Crippen LogP contribution is -2.13. The number of anilines is 2. The van der Waals surface area contributed by atoms with E-state index in [-0.39, 0.29) is 0 Å². The fourth-order valence-electron chi connectivity index (χ4n) is 1.93. The second kappa shape index (κ2) is 6.39. The molecule has 2 N–H and O–H groups in total. The Morgan fingerprint density at radius 2 is 2.41 bits per heavy atom. The zero-order chi connectivity index (χ0) is 11.9. The van der Waals surface area contributed by atoms with E-state index in [1.54, 1.807) is 6.20 Å². The van der Waals surface area contributed by atoms with Crippen molar-refractivity contribution in [1.29, 1.82) is 0 Å². The van der Waals surface area contributed by atoms with Crippen molar-refractivity contribution in [3.05, 3.63) is 12.3 Å². The molecule has 1 aromatic rings. The Labute approximate surface area is 102 Å². The molecule has 5 heteroatoms. The molecule has 2 heterocycles. The van der Waals surface area contributed by atoms with Crippen LogP contribution in [0.1, 0.15) is 26.2 Å². The minimum absolute atomic E-state index is 0.428. The normalized spacial score (nSPS) is 19.2.